The molecule has 1 aromatic rings. The first-order valence-corrected chi connectivity index (χ1v) is 7.45. The van der Waals surface area contributed by atoms with E-state index in [1.807, 2.05) is 62.3 Å². The Bertz CT molecular complexity index is 694. The molecule has 4 rings (SSSR count). The number of benzene rings is 1. The molecule has 0 saturated carbocycles. The van der Waals surface area contributed by atoms with E-state index >= 15 is 0 Å². The number of carbonyl (C=O) groups excluding carboxylic acids is 2. The van der Waals surface area contributed by atoms with E-state index in [1.54, 1.807) is 0 Å². The molecule has 2 amide bonds. The molecule has 3 aliphatic rings. The second kappa shape index (κ2) is 4.20. The third kappa shape index (κ3) is 1.57. The second-order valence-electron chi connectivity index (χ2n) is 6.55. The number of fused-ring (bicyclic) bond motifs is 5. The van der Waals surface area contributed by atoms with Crippen LogP contribution in [0.2, 0.25) is 0 Å². The van der Waals surface area contributed by atoms with Crippen molar-refractivity contribution < 1.29 is 14.3 Å². The van der Waals surface area contributed by atoms with Crippen molar-refractivity contribution >= 4 is 23.2 Å². The van der Waals surface area contributed by atoms with Crippen LogP contribution in [-0.4, -0.2) is 37.6 Å². The monoisotopic (exact) mass is 298 g/mol. The minimum absolute atomic E-state index is 0.148. The van der Waals surface area contributed by atoms with Gasteiger partial charge in [0.1, 0.15) is 0 Å². The summed E-state index contributed by atoms with van der Waals surface area (Å²) in [6, 6.07) is 7.47. The summed E-state index contributed by atoms with van der Waals surface area (Å²) in [7, 11) is 3.90. The Labute approximate surface area is 129 Å². The summed E-state index contributed by atoms with van der Waals surface area (Å²) in [5.74, 6) is -1.08. The van der Waals surface area contributed by atoms with Crippen LogP contribution < -0.4 is 9.80 Å². The predicted molar refractivity (Wildman–Crippen MR) is 82.7 cm³/mol. The van der Waals surface area contributed by atoms with E-state index in [9.17, 15) is 9.59 Å². The van der Waals surface area contributed by atoms with E-state index in [-0.39, 0.29) is 23.8 Å². The van der Waals surface area contributed by atoms with Crippen molar-refractivity contribution in [2.24, 2.45) is 11.8 Å². The lowest BCUT2D eigenvalue weighted by Gasteiger charge is -2.24. The molecular weight excluding hydrogens is 280 g/mol. The normalized spacial score (nSPS) is 35.4. The van der Waals surface area contributed by atoms with E-state index in [1.165, 1.54) is 4.90 Å². The van der Waals surface area contributed by atoms with Gasteiger partial charge in [-0.3, -0.25) is 9.59 Å². The van der Waals surface area contributed by atoms with Crippen molar-refractivity contribution in [2.45, 2.75) is 18.6 Å². The van der Waals surface area contributed by atoms with Gasteiger partial charge in [-0.05, 0) is 31.2 Å². The molecule has 0 aromatic heterocycles. The largest absolute Gasteiger partial charge is 0.378 e. The lowest BCUT2D eigenvalue weighted by molar-refractivity contribution is -0.126. The van der Waals surface area contributed by atoms with Gasteiger partial charge in [-0.2, -0.15) is 0 Å². The van der Waals surface area contributed by atoms with Gasteiger partial charge in [-0.25, -0.2) is 4.90 Å². The number of imide groups is 1. The highest BCUT2D eigenvalue weighted by Crippen LogP contribution is 2.52. The molecule has 3 aliphatic heterocycles. The lowest BCUT2D eigenvalue weighted by atomic mass is 9.78. The lowest BCUT2D eigenvalue weighted by Crippen LogP contribution is -2.38. The molecule has 2 bridgehead atoms. The van der Waals surface area contributed by atoms with Gasteiger partial charge in [0.2, 0.25) is 11.8 Å². The van der Waals surface area contributed by atoms with Gasteiger partial charge in [0.15, 0.2) is 0 Å². The van der Waals surface area contributed by atoms with Crippen LogP contribution in [0.3, 0.4) is 0 Å². The fourth-order valence-electron chi connectivity index (χ4n) is 3.81. The van der Waals surface area contributed by atoms with Gasteiger partial charge >= 0.3 is 0 Å². The zero-order valence-electron chi connectivity index (χ0n) is 12.8. The van der Waals surface area contributed by atoms with Gasteiger partial charge in [0.25, 0.3) is 0 Å². The summed E-state index contributed by atoms with van der Waals surface area (Å²) in [6.45, 7) is 1.89. The smallest absolute Gasteiger partial charge is 0.241 e. The topological polar surface area (TPSA) is 49.9 Å². The van der Waals surface area contributed by atoms with Gasteiger partial charge in [-0.15, -0.1) is 0 Å². The molecule has 0 N–H and O–H groups in total. The second-order valence-corrected chi connectivity index (χ2v) is 6.55. The Morgan fingerprint density at radius 1 is 1.14 bits per heavy atom. The molecular formula is C17H18N2O3. The van der Waals surface area contributed by atoms with E-state index in [2.05, 4.69) is 0 Å². The summed E-state index contributed by atoms with van der Waals surface area (Å²) in [6.07, 6.45) is 3.56. The van der Waals surface area contributed by atoms with Crippen LogP contribution in [-0.2, 0) is 14.3 Å². The number of anilines is 2. The number of amides is 2. The van der Waals surface area contributed by atoms with Crippen molar-refractivity contribution in [1.29, 1.82) is 0 Å². The number of hydrogen-bond donors (Lipinski definition) is 0. The van der Waals surface area contributed by atoms with Gasteiger partial charge in [-0.1, -0.05) is 12.2 Å². The van der Waals surface area contributed by atoms with Crippen LogP contribution in [0.5, 0.6) is 0 Å². The van der Waals surface area contributed by atoms with E-state index < -0.39 is 11.5 Å². The van der Waals surface area contributed by atoms with Crippen molar-refractivity contribution in [3.8, 4) is 0 Å². The van der Waals surface area contributed by atoms with Gasteiger partial charge < -0.3 is 9.64 Å². The van der Waals surface area contributed by atoms with Crippen LogP contribution in [0.25, 0.3) is 0 Å². The molecule has 2 saturated heterocycles. The standard InChI is InChI=1S/C17H18N2O3/c1-17-9-8-12(22-17)13-14(17)16(21)19(15(13)20)11-6-4-10(5-7-11)18(2)3/h4-9,12-14H,1-3H3/t12-,13-,14+,17-/m1/s1. The highest BCUT2D eigenvalue weighted by molar-refractivity contribution is 6.23. The Hall–Kier alpha value is -2.14. The van der Waals surface area contributed by atoms with Gasteiger partial charge in [0.05, 0.1) is 29.2 Å². The molecule has 0 aliphatic carbocycles. The number of carbonyl (C=O) groups is 2. The zero-order chi connectivity index (χ0) is 15.6. The number of nitrogens with zero attached hydrogens (tertiary/aromatic N) is 2. The summed E-state index contributed by atoms with van der Waals surface area (Å²) in [4.78, 5) is 28.8. The molecule has 114 valence electrons. The minimum atomic E-state index is -0.638. The predicted octanol–water partition coefficient (Wildman–Crippen LogP) is 1.59. The first-order valence-electron chi connectivity index (χ1n) is 7.45. The fourth-order valence-corrected chi connectivity index (χ4v) is 3.81. The Balaban J connectivity index is 1.70. The minimum Gasteiger partial charge on any atom is -0.378 e. The zero-order valence-corrected chi connectivity index (χ0v) is 12.8. The molecule has 0 radical (unpaired) electrons. The highest BCUT2D eigenvalue weighted by Gasteiger charge is 2.65. The van der Waals surface area contributed by atoms with Crippen LogP contribution in [0.15, 0.2) is 36.4 Å². The number of rotatable bonds is 2. The van der Waals surface area contributed by atoms with E-state index in [4.69, 9.17) is 4.74 Å². The summed E-state index contributed by atoms with van der Waals surface area (Å²) in [5, 5.41) is 0. The maximum absolute atomic E-state index is 12.8. The third-order valence-electron chi connectivity index (χ3n) is 4.95. The molecule has 0 unspecified atom stereocenters. The number of hydrogen-bond acceptors (Lipinski definition) is 4. The Morgan fingerprint density at radius 3 is 2.41 bits per heavy atom. The fraction of sp³-hybridized carbons (Fsp3) is 0.412. The SMILES string of the molecule is CN(C)c1ccc(N2C(=O)[C@H]3[C@@H](C2=O)[C@@]2(C)C=C[C@H]3O2)cc1. The third-order valence-corrected chi connectivity index (χ3v) is 4.95. The number of ether oxygens (including phenoxy) is 1. The summed E-state index contributed by atoms with van der Waals surface area (Å²) < 4.78 is 5.82. The molecule has 22 heavy (non-hydrogen) atoms. The molecule has 0 spiro atoms. The maximum atomic E-state index is 12.8. The average Bonchev–Trinajstić information content (AvgIpc) is 3.08. The van der Waals surface area contributed by atoms with Crippen LogP contribution in [0.4, 0.5) is 11.4 Å². The average molecular weight is 298 g/mol. The quantitative estimate of drug-likeness (QED) is 0.614. The highest BCUT2D eigenvalue weighted by atomic mass is 16.5. The summed E-state index contributed by atoms with van der Waals surface area (Å²) >= 11 is 0. The van der Waals surface area contributed by atoms with Crippen LogP contribution in [0, 0.1) is 11.8 Å². The first-order chi connectivity index (χ1) is 10.4. The van der Waals surface area contributed by atoms with E-state index in [0.717, 1.165) is 5.69 Å². The first kappa shape index (κ1) is 13.5. The van der Waals surface area contributed by atoms with Crippen molar-refractivity contribution in [1.82, 2.24) is 0 Å². The molecule has 4 atom stereocenters. The molecule has 3 heterocycles. The summed E-state index contributed by atoms with van der Waals surface area (Å²) in [5.41, 5.74) is 1.03. The van der Waals surface area contributed by atoms with Crippen molar-refractivity contribution in [2.75, 3.05) is 23.9 Å². The molecule has 5 heteroatoms. The van der Waals surface area contributed by atoms with E-state index in [0.29, 0.717) is 5.69 Å². The van der Waals surface area contributed by atoms with Crippen molar-refractivity contribution in [3.05, 3.63) is 36.4 Å². The Morgan fingerprint density at radius 2 is 1.82 bits per heavy atom. The maximum Gasteiger partial charge on any atom is 0.241 e. The van der Waals surface area contributed by atoms with Crippen molar-refractivity contribution in [3.63, 3.8) is 0 Å². The molecule has 2 fully saturated rings. The van der Waals surface area contributed by atoms with Crippen LogP contribution >= 0.6 is 0 Å². The van der Waals surface area contributed by atoms with Crippen LogP contribution in [0.1, 0.15) is 6.92 Å². The molecule has 1 aromatic carbocycles. The molecule has 5 nitrogen and oxygen atoms in total. The van der Waals surface area contributed by atoms with Gasteiger partial charge in [0, 0.05) is 19.8 Å². The Kier molecular flexibility index (Phi) is 2.58.